The molecule has 1 atom stereocenters. The lowest BCUT2D eigenvalue weighted by Gasteiger charge is -2.37. The number of ether oxygens (including phenoxy) is 1. The Labute approximate surface area is 120 Å². The maximum atomic E-state index is 11.9. The molecular formula is C16H24N2O2. The minimum absolute atomic E-state index is 0.0206. The van der Waals surface area contributed by atoms with Crippen LogP contribution in [0, 0.1) is 6.92 Å². The van der Waals surface area contributed by atoms with E-state index in [2.05, 4.69) is 5.32 Å². The molecule has 1 aliphatic carbocycles. The van der Waals surface area contributed by atoms with Crippen LogP contribution in [0.4, 0.5) is 0 Å². The SMILES string of the molecule is Cc1ccc(OCC(C)NC(=O)CC2(N)CCC2)cc1. The van der Waals surface area contributed by atoms with Gasteiger partial charge in [0, 0.05) is 12.0 Å². The fraction of sp³-hybridized carbons (Fsp3) is 0.562. The molecule has 0 bridgehead atoms. The number of nitrogens with one attached hydrogen (secondary N) is 1. The number of benzene rings is 1. The summed E-state index contributed by atoms with van der Waals surface area (Å²) >= 11 is 0. The van der Waals surface area contributed by atoms with Gasteiger partial charge in [-0.3, -0.25) is 4.79 Å². The summed E-state index contributed by atoms with van der Waals surface area (Å²) in [6.45, 7) is 4.44. The summed E-state index contributed by atoms with van der Waals surface area (Å²) in [4.78, 5) is 11.9. The van der Waals surface area contributed by atoms with Gasteiger partial charge >= 0.3 is 0 Å². The fourth-order valence-electron chi connectivity index (χ4n) is 2.35. The summed E-state index contributed by atoms with van der Waals surface area (Å²) in [5, 5.41) is 2.94. The van der Waals surface area contributed by atoms with Gasteiger partial charge in [0.25, 0.3) is 0 Å². The summed E-state index contributed by atoms with van der Waals surface area (Å²) in [6, 6.07) is 7.87. The van der Waals surface area contributed by atoms with Gasteiger partial charge in [-0.2, -0.15) is 0 Å². The number of hydrogen-bond donors (Lipinski definition) is 2. The highest BCUT2D eigenvalue weighted by Crippen LogP contribution is 2.31. The Balaban J connectivity index is 1.70. The highest BCUT2D eigenvalue weighted by molar-refractivity contribution is 5.77. The van der Waals surface area contributed by atoms with Crippen LogP contribution >= 0.6 is 0 Å². The largest absolute Gasteiger partial charge is 0.491 e. The van der Waals surface area contributed by atoms with Crippen LogP contribution in [-0.4, -0.2) is 24.1 Å². The van der Waals surface area contributed by atoms with Gasteiger partial charge in [0.15, 0.2) is 0 Å². The van der Waals surface area contributed by atoms with Crippen LogP contribution in [0.5, 0.6) is 5.75 Å². The van der Waals surface area contributed by atoms with E-state index in [1.807, 2.05) is 38.1 Å². The van der Waals surface area contributed by atoms with Gasteiger partial charge in [0.1, 0.15) is 12.4 Å². The monoisotopic (exact) mass is 276 g/mol. The molecule has 1 aliphatic rings. The first-order valence-corrected chi connectivity index (χ1v) is 7.25. The van der Waals surface area contributed by atoms with Gasteiger partial charge < -0.3 is 15.8 Å². The Hall–Kier alpha value is -1.55. The average molecular weight is 276 g/mol. The van der Waals surface area contributed by atoms with Crippen LogP contribution in [-0.2, 0) is 4.79 Å². The molecule has 2 rings (SSSR count). The predicted molar refractivity (Wildman–Crippen MR) is 79.7 cm³/mol. The second-order valence-electron chi connectivity index (χ2n) is 5.99. The Kier molecular flexibility index (Phi) is 4.65. The molecule has 0 saturated heterocycles. The highest BCUT2D eigenvalue weighted by Gasteiger charge is 2.34. The molecule has 110 valence electrons. The second-order valence-corrected chi connectivity index (χ2v) is 5.99. The molecule has 0 radical (unpaired) electrons. The molecule has 4 heteroatoms. The minimum atomic E-state index is -0.262. The van der Waals surface area contributed by atoms with Gasteiger partial charge in [0.05, 0.1) is 6.04 Å². The summed E-state index contributed by atoms with van der Waals surface area (Å²) < 4.78 is 5.65. The van der Waals surface area contributed by atoms with Crippen molar-refractivity contribution in [3.8, 4) is 5.75 Å². The number of rotatable bonds is 6. The zero-order chi connectivity index (χ0) is 14.6. The molecule has 1 saturated carbocycles. The first kappa shape index (κ1) is 14.9. The first-order chi connectivity index (χ1) is 9.47. The molecule has 1 amide bonds. The normalized spacial score (nSPS) is 17.9. The molecule has 1 aromatic rings. The standard InChI is InChI=1S/C16H24N2O2/c1-12-4-6-14(7-5-12)20-11-13(2)18-15(19)10-16(17)8-3-9-16/h4-7,13H,3,8-11,17H2,1-2H3,(H,18,19). The summed E-state index contributed by atoms with van der Waals surface area (Å²) in [5.41, 5.74) is 7.01. The maximum Gasteiger partial charge on any atom is 0.222 e. The van der Waals surface area contributed by atoms with E-state index in [1.54, 1.807) is 0 Å². The van der Waals surface area contributed by atoms with Crippen molar-refractivity contribution >= 4 is 5.91 Å². The predicted octanol–water partition coefficient (Wildman–Crippen LogP) is 2.15. The molecule has 0 aliphatic heterocycles. The first-order valence-electron chi connectivity index (χ1n) is 7.25. The minimum Gasteiger partial charge on any atom is -0.491 e. The van der Waals surface area contributed by atoms with Crippen LogP contribution in [0.1, 0.15) is 38.2 Å². The van der Waals surface area contributed by atoms with Crippen LogP contribution in [0.15, 0.2) is 24.3 Å². The van der Waals surface area contributed by atoms with E-state index < -0.39 is 0 Å². The molecule has 4 nitrogen and oxygen atoms in total. The number of carbonyl (C=O) groups is 1. The highest BCUT2D eigenvalue weighted by atomic mass is 16.5. The summed E-state index contributed by atoms with van der Waals surface area (Å²) in [7, 11) is 0. The summed E-state index contributed by atoms with van der Waals surface area (Å²) in [5.74, 6) is 0.846. The zero-order valence-corrected chi connectivity index (χ0v) is 12.3. The Bertz CT molecular complexity index is 452. The number of aryl methyl sites for hydroxylation is 1. The van der Waals surface area contributed by atoms with Crippen molar-refractivity contribution in [2.24, 2.45) is 5.73 Å². The molecule has 1 fully saturated rings. The van der Waals surface area contributed by atoms with Crippen molar-refractivity contribution in [2.75, 3.05) is 6.61 Å². The van der Waals surface area contributed by atoms with Gasteiger partial charge in [-0.05, 0) is 45.2 Å². The van der Waals surface area contributed by atoms with Crippen LogP contribution < -0.4 is 15.8 Å². The zero-order valence-electron chi connectivity index (χ0n) is 12.3. The lowest BCUT2D eigenvalue weighted by Crippen LogP contribution is -2.51. The van der Waals surface area contributed by atoms with Crippen molar-refractivity contribution < 1.29 is 9.53 Å². The molecule has 0 spiro atoms. The number of amides is 1. The van der Waals surface area contributed by atoms with Crippen molar-refractivity contribution in [3.05, 3.63) is 29.8 Å². The van der Waals surface area contributed by atoms with Crippen molar-refractivity contribution in [1.82, 2.24) is 5.32 Å². The van der Waals surface area contributed by atoms with E-state index in [0.717, 1.165) is 25.0 Å². The van der Waals surface area contributed by atoms with Gasteiger partial charge in [-0.25, -0.2) is 0 Å². The van der Waals surface area contributed by atoms with Crippen LogP contribution in [0.3, 0.4) is 0 Å². The van der Waals surface area contributed by atoms with E-state index in [1.165, 1.54) is 5.56 Å². The number of hydrogen-bond acceptors (Lipinski definition) is 3. The van der Waals surface area contributed by atoms with Crippen molar-refractivity contribution in [2.45, 2.75) is 51.1 Å². The fourth-order valence-corrected chi connectivity index (χ4v) is 2.35. The molecule has 20 heavy (non-hydrogen) atoms. The van der Waals surface area contributed by atoms with Gasteiger partial charge in [-0.15, -0.1) is 0 Å². The Morgan fingerprint density at radius 3 is 2.60 bits per heavy atom. The van der Waals surface area contributed by atoms with E-state index in [0.29, 0.717) is 13.0 Å². The maximum absolute atomic E-state index is 11.9. The van der Waals surface area contributed by atoms with E-state index in [4.69, 9.17) is 10.5 Å². The van der Waals surface area contributed by atoms with Gasteiger partial charge in [-0.1, -0.05) is 17.7 Å². The van der Waals surface area contributed by atoms with E-state index in [9.17, 15) is 4.79 Å². The Morgan fingerprint density at radius 2 is 2.05 bits per heavy atom. The third kappa shape index (κ3) is 4.23. The third-order valence-electron chi connectivity index (χ3n) is 3.79. The molecule has 1 unspecified atom stereocenters. The van der Waals surface area contributed by atoms with Crippen molar-refractivity contribution in [3.63, 3.8) is 0 Å². The number of carbonyl (C=O) groups excluding carboxylic acids is 1. The lowest BCUT2D eigenvalue weighted by molar-refractivity contribution is -0.123. The van der Waals surface area contributed by atoms with E-state index >= 15 is 0 Å². The molecule has 1 aromatic carbocycles. The smallest absolute Gasteiger partial charge is 0.222 e. The lowest BCUT2D eigenvalue weighted by atomic mass is 9.75. The quantitative estimate of drug-likeness (QED) is 0.836. The average Bonchev–Trinajstić information content (AvgIpc) is 2.36. The van der Waals surface area contributed by atoms with E-state index in [-0.39, 0.29) is 17.5 Å². The van der Waals surface area contributed by atoms with Gasteiger partial charge in [0.2, 0.25) is 5.91 Å². The summed E-state index contributed by atoms with van der Waals surface area (Å²) in [6.07, 6.45) is 3.46. The van der Waals surface area contributed by atoms with Crippen molar-refractivity contribution in [1.29, 1.82) is 0 Å². The molecule has 0 aromatic heterocycles. The second kappa shape index (κ2) is 6.27. The Morgan fingerprint density at radius 1 is 1.40 bits per heavy atom. The van der Waals surface area contributed by atoms with Crippen LogP contribution in [0.25, 0.3) is 0 Å². The topological polar surface area (TPSA) is 64.3 Å². The number of nitrogens with two attached hydrogens (primary N) is 1. The molecule has 3 N–H and O–H groups in total. The molecule has 0 heterocycles. The van der Waals surface area contributed by atoms with Crippen LogP contribution in [0.2, 0.25) is 0 Å². The third-order valence-corrected chi connectivity index (χ3v) is 3.79. The molecular weight excluding hydrogens is 252 g/mol.